The van der Waals surface area contributed by atoms with Crippen LogP contribution < -0.4 is 5.32 Å². The summed E-state index contributed by atoms with van der Waals surface area (Å²) in [5, 5.41) is 3.87. The molecular formula is C20H27ClN2O2. The summed E-state index contributed by atoms with van der Waals surface area (Å²) in [6.45, 7) is 0.685. The van der Waals surface area contributed by atoms with Crippen LogP contribution in [0.15, 0.2) is 24.3 Å². The maximum absolute atomic E-state index is 12.6. The van der Waals surface area contributed by atoms with E-state index in [9.17, 15) is 9.59 Å². The van der Waals surface area contributed by atoms with Crippen molar-refractivity contribution in [1.29, 1.82) is 0 Å². The van der Waals surface area contributed by atoms with Crippen LogP contribution in [0.4, 0.5) is 0 Å². The molecule has 1 heterocycles. The van der Waals surface area contributed by atoms with Crippen molar-refractivity contribution in [3.8, 4) is 0 Å². The lowest BCUT2D eigenvalue weighted by molar-refractivity contribution is -0.138. The van der Waals surface area contributed by atoms with Gasteiger partial charge < -0.3 is 10.2 Å². The second-order valence-corrected chi connectivity index (χ2v) is 7.59. The van der Waals surface area contributed by atoms with E-state index in [0.29, 0.717) is 30.5 Å². The average molecular weight is 363 g/mol. The summed E-state index contributed by atoms with van der Waals surface area (Å²) in [5.41, 5.74) is 0.986. The van der Waals surface area contributed by atoms with Gasteiger partial charge in [-0.2, -0.15) is 0 Å². The molecule has 1 aliphatic carbocycles. The van der Waals surface area contributed by atoms with Crippen LogP contribution in [0, 0.1) is 0 Å². The lowest BCUT2D eigenvalue weighted by Gasteiger charge is -2.28. The summed E-state index contributed by atoms with van der Waals surface area (Å²) in [7, 11) is 0. The van der Waals surface area contributed by atoms with E-state index in [1.165, 1.54) is 19.3 Å². The maximum Gasteiger partial charge on any atom is 0.243 e. The Morgan fingerprint density at radius 2 is 1.84 bits per heavy atom. The minimum Gasteiger partial charge on any atom is -0.352 e. The summed E-state index contributed by atoms with van der Waals surface area (Å²) in [5.74, 6) is 0.0942. The highest BCUT2D eigenvalue weighted by atomic mass is 35.5. The van der Waals surface area contributed by atoms with Crippen molar-refractivity contribution in [1.82, 2.24) is 10.2 Å². The first-order chi connectivity index (χ1) is 12.1. The van der Waals surface area contributed by atoms with Gasteiger partial charge in [0.1, 0.15) is 6.04 Å². The average Bonchev–Trinajstić information content (AvgIpc) is 3.12. The van der Waals surface area contributed by atoms with Gasteiger partial charge in [-0.25, -0.2) is 0 Å². The van der Waals surface area contributed by atoms with E-state index in [2.05, 4.69) is 5.32 Å². The molecule has 2 fully saturated rings. The number of benzene rings is 1. The van der Waals surface area contributed by atoms with E-state index in [1.54, 1.807) is 4.90 Å². The van der Waals surface area contributed by atoms with Gasteiger partial charge in [0, 0.05) is 24.0 Å². The number of aryl methyl sites for hydroxylation is 1. The maximum atomic E-state index is 12.6. The van der Waals surface area contributed by atoms with Gasteiger partial charge in [-0.15, -0.1) is 0 Å². The van der Waals surface area contributed by atoms with Gasteiger partial charge in [0.2, 0.25) is 11.8 Å². The quantitative estimate of drug-likeness (QED) is 0.867. The van der Waals surface area contributed by atoms with Crippen LogP contribution in [-0.2, 0) is 16.0 Å². The van der Waals surface area contributed by atoms with Gasteiger partial charge in [0.25, 0.3) is 0 Å². The van der Waals surface area contributed by atoms with Gasteiger partial charge in [0.15, 0.2) is 0 Å². The fourth-order valence-electron chi connectivity index (χ4n) is 3.97. The third-order valence-corrected chi connectivity index (χ3v) is 5.76. The number of nitrogens with one attached hydrogen (secondary N) is 1. The van der Waals surface area contributed by atoms with Crippen LogP contribution in [0.1, 0.15) is 56.9 Å². The zero-order valence-electron chi connectivity index (χ0n) is 14.7. The molecule has 5 heteroatoms. The van der Waals surface area contributed by atoms with Gasteiger partial charge in [-0.3, -0.25) is 9.59 Å². The minimum absolute atomic E-state index is 0.0375. The molecule has 0 spiro atoms. The number of hydrogen-bond acceptors (Lipinski definition) is 2. The normalized spacial score (nSPS) is 21.3. The Kier molecular flexibility index (Phi) is 6.35. The number of nitrogens with zero attached hydrogens (tertiary/aromatic N) is 1. The van der Waals surface area contributed by atoms with Crippen LogP contribution >= 0.6 is 11.6 Å². The Hall–Kier alpha value is -1.55. The molecular weight excluding hydrogens is 336 g/mol. The number of carbonyl (C=O) groups excluding carboxylic acids is 2. The predicted molar refractivity (Wildman–Crippen MR) is 99.5 cm³/mol. The van der Waals surface area contributed by atoms with Crippen LogP contribution in [0.2, 0.25) is 5.02 Å². The summed E-state index contributed by atoms with van der Waals surface area (Å²) < 4.78 is 0. The van der Waals surface area contributed by atoms with Gasteiger partial charge in [-0.1, -0.05) is 49.1 Å². The lowest BCUT2D eigenvalue weighted by Crippen LogP contribution is -2.49. The lowest BCUT2D eigenvalue weighted by atomic mass is 9.95. The SMILES string of the molecule is O=C(NC1CCCCC1)C1CCCN1C(=O)CCc1ccccc1Cl. The van der Waals surface area contributed by atoms with Crippen LogP contribution in [0.25, 0.3) is 0 Å². The second-order valence-electron chi connectivity index (χ2n) is 7.18. The summed E-state index contributed by atoms with van der Waals surface area (Å²) in [4.78, 5) is 27.0. The molecule has 1 unspecified atom stereocenters. The van der Waals surface area contributed by atoms with Crippen LogP contribution in [0.3, 0.4) is 0 Å². The second kappa shape index (κ2) is 8.70. The molecule has 2 amide bonds. The Morgan fingerprint density at radius 3 is 2.60 bits per heavy atom. The summed E-state index contributed by atoms with van der Waals surface area (Å²) >= 11 is 6.17. The topological polar surface area (TPSA) is 49.4 Å². The molecule has 136 valence electrons. The Labute approximate surface area is 154 Å². The van der Waals surface area contributed by atoms with Crippen molar-refractivity contribution >= 4 is 23.4 Å². The van der Waals surface area contributed by atoms with Gasteiger partial charge in [-0.05, 0) is 43.7 Å². The van der Waals surface area contributed by atoms with Gasteiger partial charge in [0.05, 0.1) is 0 Å². The molecule has 0 radical (unpaired) electrons. The molecule has 1 atom stereocenters. The molecule has 4 nitrogen and oxygen atoms in total. The highest BCUT2D eigenvalue weighted by Crippen LogP contribution is 2.23. The highest BCUT2D eigenvalue weighted by molar-refractivity contribution is 6.31. The Bertz CT molecular complexity index is 613. The Morgan fingerprint density at radius 1 is 1.08 bits per heavy atom. The minimum atomic E-state index is -0.291. The number of amides is 2. The van der Waals surface area contributed by atoms with Crippen molar-refractivity contribution in [3.05, 3.63) is 34.9 Å². The van der Waals surface area contributed by atoms with Crippen molar-refractivity contribution in [3.63, 3.8) is 0 Å². The first-order valence-electron chi connectivity index (χ1n) is 9.48. The van der Waals surface area contributed by atoms with Gasteiger partial charge >= 0.3 is 0 Å². The fraction of sp³-hybridized carbons (Fsp3) is 0.600. The monoisotopic (exact) mass is 362 g/mol. The number of likely N-dealkylation sites (tertiary alicyclic amines) is 1. The molecule has 1 saturated heterocycles. The molecule has 1 aromatic carbocycles. The van der Waals surface area contributed by atoms with E-state index in [0.717, 1.165) is 31.2 Å². The summed E-state index contributed by atoms with van der Waals surface area (Å²) in [6.07, 6.45) is 8.48. The highest BCUT2D eigenvalue weighted by Gasteiger charge is 2.34. The van der Waals surface area contributed by atoms with Crippen LogP contribution in [-0.4, -0.2) is 35.3 Å². The van der Waals surface area contributed by atoms with Crippen molar-refractivity contribution in [2.75, 3.05) is 6.54 Å². The van der Waals surface area contributed by atoms with Crippen molar-refractivity contribution in [2.45, 2.75) is 69.9 Å². The molecule has 1 saturated carbocycles. The number of halogens is 1. The third-order valence-electron chi connectivity index (χ3n) is 5.39. The van der Waals surface area contributed by atoms with E-state index in [1.807, 2.05) is 24.3 Å². The number of carbonyl (C=O) groups is 2. The van der Waals surface area contributed by atoms with E-state index in [4.69, 9.17) is 11.6 Å². The zero-order chi connectivity index (χ0) is 17.6. The Balaban J connectivity index is 1.54. The molecule has 2 aliphatic rings. The van der Waals surface area contributed by atoms with E-state index in [-0.39, 0.29) is 17.9 Å². The summed E-state index contributed by atoms with van der Waals surface area (Å²) in [6, 6.07) is 7.62. The largest absolute Gasteiger partial charge is 0.352 e. The standard InChI is InChI=1S/C20H27ClN2O2/c21-17-10-5-4-7-15(17)12-13-19(24)23-14-6-11-18(23)20(25)22-16-8-2-1-3-9-16/h4-5,7,10,16,18H,1-3,6,8-9,11-14H2,(H,22,25). The molecule has 0 aromatic heterocycles. The molecule has 1 aromatic rings. The van der Waals surface area contributed by atoms with Crippen molar-refractivity contribution in [2.24, 2.45) is 0 Å². The number of rotatable bonds is 5. The van der Waals surface area contributed by atoms with Crippen molar-refractivity contribution < 1.29 is 9.59 Å². The molecule has 1 N–H and O–H groups in total. The fourth-order valence-corrected chi connectivity index (χ4v) is 4.20. The molecule has 1 aliphatic heterocycles. The van der Waals surface area contributed by atoms with E-state index < -0.39 is 0 Å². The first-order valence-corrected chi connectivity index (χ1v) is 9.86. The van der Waals surface area contributed by atoms with E-state index >= 15 is 0 Å². The first kappa shape index (κ1) is 18.2. The predicted octanol–water partition coefficient (Wildman–Crippen LogP) is 3.71. The van der Waals surface area contributed by atoms with Crippen LogP contribution in [0.5, 0.6) is 0 Å². The molecule has 0 bridgehead atoms. The molecule has 25 heavy (non-hydrogen) atoms. The smallest absolute Gasteiger partial charge is 0.243 e. The third kappa shape index (κ3) is 4.75. The molecule has 3 rings (SSSR count). The zero-order valence-corrected chi connectivity index (χ0v) is 15.4. The number of hydrogen-bond donors (Lipinski definition) is 1.